The van der Waals surface area contributed by atoms with Crippen molar-refractivity contribution in [2.24, 2.45) is 5.92 Å². The number of amides is 1. The van der Waals surface area contributed by atoms with Crippen molar-refractivity contribution in [3.05, 3.63) is 46.8 Å². The third kappa shape index (κ3) is 6.31. The van der Waals surface area contributed by atoms with Gasteiger partial charge in [-0.15, -0.1) is 0 Å². The van der Waals surface area contributed by atoms with Crippen LogP contribution in [0, 0.1) is 19.8 Å². The molecule has 1 saturated heterocycles. The highest BCUT2D eigenvalue weighted by molar-refractivity contribution is 5.94. The van der Waals surface area contributed by atoms with E-state index in [1.54, 1.807) is 0 Å². The molecule has 7 nitrogen and oxygen atoms in total. The van der Waals surface area contributed by atoms with E-state index in [0.29, 0.717) is 12.8 Å². The molecule has 0 radical (unpaired) electrons. The van der Waals surface area contributed by atoms with Crippen LogP contribution < -0.4 is 0 Å². The van der Waals surface area contributed by atoms with Gasteiger partial charge in [0.15, 0.2) is 0 Å². The number of nitrogens with zero attached hydrogens (tertiary/aromatic N) is 4. The van der Waals surface area contributed by atoms with Gasteiger partial charge < -0.3 is 14.5 Å². The second-order valence-corrected chi connectivity index (χ2v) is 10.1. The third-order valence-corrected chi connectivity index (χ3v) is 7.72. The molecule has 1 aromatic heterocycles. The predicted octanol–water partition coefficient (Wildman–Crippen LogP) is 4.32. The number of ether oxygens (including phenoxy) is 1. The smallest absolute Gasteiger partial charge is 0.305 e. The average molecular weight is 481 g/mol. The minimum Gasteiger partial charge on any atom is -0.469 e. The number of aromatic nitrogens is 2. The molecule has 0 atom stereocenters. The minimum atomic E-state index is -0.218. The summed E-state index contributed by atoms with van der Waals surface area (Å²) in [6, 6.07) is 7.74. The highest BCUT2D eigenvalue weighted by Gasteiger charge is 2.23. The molecule has 1 aromatic carbocycles. The molecular weight excluding hydrogens is 440 g/mol. The Morgan fingerprint density at radius 3 is 2.43 bits per heavy atom. The summed E-state index contributed by atoms with van der Waals surface area (Å²) in [6.07, 6.45) is 8.88. The number of carbonyl (C=O) groups excluding carboxylic acids is 2. The zero-order valence-electron chi connectivity index (χ0n) is 21.6. The number of esters is 1. The maximum absolute atomic E-state index is 13.2. The third-order valence-electron chi connectivity index (χ3n) is 7.72. The molecule has 35 heavy (non-hydrogen) atoms. The fraction of sp³-hybridized carbons (Fsp3) is 0.607. The van der Waals surface area contributed by atoms with Gasteiger partial charge in [0, 0.05) is 43.9 Å². The van der Waals surface area contributed by atoms with E-state index >= 15 is 0 Å². The monoisotopic (exact) mass is 480 g/mol. The summed E-state index contributed by atoms with van der Waals surface area (Å²) in [5, 5.41) is 4.68. The Labute approximate surface area is 209 Å². The average Bonchev–Trinajstić information content (AvgIpc) is 3.02. The molecule has 2 heterocycles. The van der Waals surface area contributed by atoms with Gasteiger partial charge in [0.2, 0.25) is 0 Å². The van der Waals surface area contributed by atoms with E-state index < -0.39 is 0 Å². The summed E-state index contributed by atoms with van der Waals surface area (Å²) < 4.78 is 6.67. The van der Waals surface area contributed by atoms with Gasteiger partial charge in [-0.1, -0.05) is 19.3 Å². The Bertz CT molecular complexity index is 1010. The van der Waals surface area contributed by atoms with Gasteiger partial charge in [0.05, 0.1) is 18.5 Å². The molecule has 0 spiro atoms. The van der Waals surface area contributed by atoms with Gasteiger partial charge in [0.1, 0.15) is 0 Å². The number of rotatable bonds is 7. The van der Waals surface area contributed by atoms with Gasteiger partial charge in [-0.25, -0.2) is 4.68 Å². The van der Waals surface area contributed by atoms with Crippen LogP contribution in [0.3, 0.4) is 0 Å². The van der Waals surface area contributed by atoms with Crippen LogP contribution in [0.1, 0.15) is 72.3 Å². The van der Waals surface area contributed by atoms with E-state index in [-0.39, 0.29) is 11.9 Å². The topological polar surface area (TPSA) is 67.7 Å². The van der Waals surface area contributed by atoms with Crippen molar-refractivity contribution in [1.29, 1.82) is 0 Å². The molecule has 2 aromatic rings. The zero-order chi connectivity index (χ0) is 24.8. The summed E-state index contributed by atoms with van der Waals surface area (Å²) in [6.45, 7) is 8.86. The van der Waals surface area contributed by atoms with Gasteiger partial charge >= 0.3 is 5.97 Å². The second kappa shape index (κ2) is 11.8. The maximum Gasteiger partial charge on any atom is 0.305 e. The maximum atomic E-state index is 13.2. The minimum absolute atomic E-state index is 0.114. The first-order valence-corrected chi connectivity index (χ1v) is 13.2. The molecule has 0 unspecified atom stereocenters. The van der Waals surface area contributed by atoms with Crippen molar-refractivity contribution in [2.45, 2.75) is 65.2 Å². The molecule has 0 N–H and O–H groups in total. The Morgan fingerprint density at radius 2 is 1.71 bits per heavy atom. The van der Waals surface area contributed by atoms with E-state index in [2.05, 4.69) is 10.00 Å². The van der Waals surface area contributed by atoms with Crippen LogP contribution in [0.2, 0.25) is 0 Å². The highest BCUT2D eigenvalue weighted by atomic mass is 16.5. The zero-order valence-corrected chi connectivity index (χ0v) is 21.6. The number of carbonyl (C=O) groups is 2. The highest BCUT2D eigenvalue weighted by Crippen LogP contribution is 2.25. The van der Waals surface area contributed by atoms with Gasteiger partial charge in [-0.2, -0.15) is 5.10 Å². The molecule has 2 aliphatic rings. The second-order valence-electron chi connectivity index (χ2n) is 10.1. The summed E-state index contributed by atoms with van der Waals surface area (Å²) >= 11 is 0. The van der Waals surface area contributed by atoms with Crippen molar-refractivity contribution in [3.8, 4) is 5.69 Å². The van der Waals surface area contributed by atoms with Crippen LogP contribution in [0.4, 0.5) is 0 Å². The summed E-state index contributed by atoms with van der Waals surface area (Å²) in [7, 11) is 1.41. The van der Waals surface area contributed by atoms with Crippen molar-refractivity contribution in [2.75, 3.05) is 39.8 Å². The Hall–Kier alpha value is -2.67. The fourth-order valence-electron chi connectivity index (χ4n) is 5.64. The largest absolute Gasteiger partial charge is 0.469 e. The van der Waals surface area contributed by atoms with Gasteiger partial charge in [-0.3, -0.25) is 9.59 Å². The lowest BCUT2D eigenvalue weighted by molar-refractivity contribution is -0.140. The quantitative estimate of drug-likeness (QED) is 0.552. The van der Waals surface area contributed by atoms with Gasteiger partial charge in [0.25, 0.3) is 5.91 Å². The Kier molecular flexibility index (Phi) is 8.60. The molecular formula is C28H40N4O3. The van der Waals surface area contributed by atoms with Crippen molar-refractivity contribution < 1.29 is 14.3 Å². The lowest BCUT2D eigenvalue weighted by Crippen LogP contribution is -2.36. The summed E-state index contributed by atoms with van der Waals surface area (Å²) in [4.78, 5) is 29.4. The molecule has 1 amide bonds. The van der Waals surface area contributed by atoms with Crippen LogP contribution in [0.25, 0.3) is 5.69 Å². The SMILES string of the molecule is COC(=O)CCc1c(C)nn(-c2ccc(C(=O)N3CCCN(CC4CCCCC4)CC3)cc2)c1C. The Morgan fingerprint density at radius 1 is 0.971 bits per heavy atom. The van der Waals surface area contributed by atoms with Gasteiger partial charge in [-0.05, 0) is 81.8 Å². The van der Waals surface area contributed by atoms with Crippen molar-refractivity contribution in [1.82, 2.24) is 19.6 Å². The molecule has 190 valence electrons. The molecule has 7 heteroatoms. The number of methoxy groups -OCH3 is 1. The van der Waals surface area contributed by atoms with E-state index in [0.717, 1.165) is 66.7 Å². The first-order valence-electron chi connectivity index (χ1n) is 13.2. The van der Waals surface area contributed by atoms with Crippen LogP contribution >= 0.6 is 0 Å². The molecule has 2 fully saturated rings. The fourth-order valence-corrected chi connectivity index (χ4v) is 5.64. The first kappa shape index (κ1) is 25.4. The van der Waals surface area contributed by atoms with Crippen LogP contribution in [0.15, 0.2) is 24.3 Å². The number of hydrogen-bond acceptors (Lipinski definition) is 5. The standard InChI is InChI=1S/C28H40N4O3/c1-21-26(14-15-27(33)35-3)22(2)32(29-21)25-12-10-24(11-13-25)28(34)31-17-7-16-30(18-19-31)20-23-8-5-4-6-9-23/h10-13,23H,4-9,14-20H2,1-3H3. The normalized spacial score (nSPS) is 17.9. The number of benzene rings is 1. The van der Waals surface area contributed by atoms with E-state index in [4.69, 9.17) is 4.74 Å². The van der Waals surface area contributed by atoms with Crippen molar-refractivity contribution in [3.63, 3.8) is 0 Å². The number of hydrogen-bond donors (Lipinski definition) is 0. The molecule has 0 bridgehead atoms. The molecule has 1 aliphatic heterocycles. The predicted molar refractivity (Wildman–Crippen MR) is 137 cm³/mol. The molecule has 1 aliphatic carbocycles. The van der Waals surface area contributed by atoms with Crippen molar-refractivity contribution >= 4 is 11.9 Å². The van der Waals surface area contributed by atoms with E-state index in [1.165, 1.54) is 45.8 Å². The summed E-state index contributed by atoms with van der Waals surface area (Å²) in [5.41, 5.74) is 4.63. The lowest BCUT2D eigenvalue weighted by atomic mass is 9.89. The Balaban J connectivity index is 1.37. The van der Waals surface area contributed by atoms with Crippen LogP contribution in [-0.2, 0) is 16.0 Å². The lowest BCUT2D eigenvalue weighted by Gasteiger charge is -2.28. The molecule has 1 saturated carbocycles. The van der Waals surface area contributed by atoms with Crippen LogP contribution in [0.5, 0.6) is 0 Å². The molecule has 4 rings (SSSR count). The summed E-state index contributed by atoms with van der Waals surface area (Å²) in [5.74, 6) is 0.738. The number of aryl methyl sites for hydroxylation is 1. The first-order chi connectivity index (χ1) is 17.0. The van der Waals surface area contributed by atoms with E-state index in [9.17, 15) is 9.59 Å². The van der Waals surface area contributed by atoms with E-state index in [1.807, 2.05) is 47.7 Å². The van der Waals surface area contributed by atoms with Crippen LogP contribution in [-0.4, -0.2) is 71.3 Å².